The van der Waals surface area contributed by atoms with E-state index in [0.29, 0.717) is 5.56 Å². The fourth-order valence-corrected chi connectivity index (χ4v) is 4.04. The molecule has 0 aromatic heterocycles. The molecule has 0 spiro atoms. The molecule has 7 nitrogen and oxygen atoms in total. The first kappa shape index (κ1) is 26.9. The second kappa shape index (κ2) is 14.0. The highest BCUT2D eigenvalue weighted by molar-refractivity contribution is 7.99. The van der Waals surface area contributed by atoms with Crippen molar-refractivity contribution >= 4 is 23.6 Å². The second-order valence-electron chi connectivity index (χ2n) is 7.37. The van der Waals surface area contributed by atoms with Crippen molar-refractivity contribution in [1.82, 2.24) is 10.2 Å². The van der Waals surface area contributed by atoms with E-state index < -0.39 is 24.0 Å². The maximum Gasteiger partial charge on any atom is 0.331 e. The Hall–Kier alpha value is -2.39. The number of ether oxygens (including phenoxy) is 2. The molecule has 33 heavy (non-hydrogen) atoms. The predicted octanol–water partition coefficient (Wildman–Crippen LogP) is 3.35. The number of nitrogens with one attached hydrogen (secondary N) is 1. The smallest absolute Gasteiger partial charge is 0.331 e. The van der Waals surface area contributed by atoms with Gasteiger partial charge in [0, 0.05) is 35.0 Å². The normalized spacial score (nSPS) is 15.5. The maximum absolute atomic E-state index is 12.4. The van der Waals surface area contributed by atoms with E-state index >= 15 is 0 Å². The predicted molar refractivity (Wildman–Crippen MR) is 129 cm³/mol. The standard InChI is InChI=1S/C23H28N2O5S.C2H6/c1-16(26)21(23(28)29-2)24-22(27)18-5-9-20(10-6-18)31-19-7-3-17(4-8-19)15-25-11-13-30-14-12-25;1-2/h3-10,16,21,26H,11-15H2,1-2H3,(H,24,27);1-2H3. The fraction of sp³-hybridized carbons (Fsp3) is 0.440. The first-order valence-electron chi connectivity index (χ1n) is 11.2. The highest BCUT2D eigenvalue weighted by Gasteiger charge is 2.26. The summed E-state index contributed by atoms with van der Waals surface area (Å²) in [4.78, 5) is 28.6. The first-order valence-corrected chi connectivity index (χ1v) is 12.0. The monoisotopic (exact) mass is 474 g/mol. The van der Waals surface area contributed by atoms with Crippen molar-refractivity contribution in [2.45, 2.75) is 49.3 Å². The molecule has 2 atom stereocenters. The Bertz CT molecular complexity index is 865. The van der Waals surface area contributed by atoms with Gasteiger partial charge in [0.15, 0.2) is 6.04 Å². The van der Waals surface area contributed by atoms with Gasteiger partial charge in [-0.25, -0.2) is 4.79 Å². The Morgan fingerprint density at radius 2 is 1.61 bits per heavy atom. The van der Waals surface area contributed by atoms with E-state index in [4.69, 9.17) is 4.74 Å². The van der Waals surface area contributed by atoms with Crippen molar-refractivity contribution in [1.29, 1.82) is 0 Å². The lowest BCUT2D eigenvalue weighted by molar-refractivity contribution is -0.145. The summed E-state index contributed by atoms with van der Waals surface area (Å²) in [5.74, 6) is -1.13. The number of methoxy groups -OCH3 is 1. The van der Waals surface area contributed by atoms with Gasteiger partial charge in [0.2, 0.25) is 0 Å². The van der Waals surface area contributed by atoms with E-state index in [1.807, 2.05) is 26.0 Å². The van der Waals surface area contributed by atoms with Crippen LogP contribution in [0.5, 0.6) is 0 Å². The lowest BCUT2D eigenvalue weighted by atomic mass is 10.1. The van der Waals surface area contributed by atoms with E-state index in [-0.39, 0.29) is 0 Å². The topological polar surface area (TPSA) is 88.1 Å². The number of rotatable bonds is 8. The molecule has 8 heteroatoms. The van der Waals surface area contributed by atoms with Crippen molar-refractivity contribution in [3.63, 3.8) is 0 Å². The largest absolute Gasteiger partial charge is 0.467 e. The first-order chi connectivity index (χ1) is 16.0. The quantitative estimate of drug-likeness (QED) is 0.567. The molecule has 0 aliphatic carbocycles. The molecule has 3 rings (SSSR count). The van der Waals surface area contributed by atoms with Crippen molar-refractivity contribution in [3.8, 4) is 0 Å². The zero-order valence-electron chi connectivity index (χ0n) is 19.7. The molecule has 2 N–H and O–H groups in total. The highest BCUT2D eigenvalue weighted by Crippen LogP contribution is 2.28. The molecule has 2 aromatic rings. The van der Waals surface area contributed by atoms with Crippen LogP contribution in [0, 0.1) is 0 Å². The molecule has 1 aliphatic rings. The van der Waals surface area contributed by atoms with Gasteiger partial charge in [-0.3, -0.25) is 9.69 Å². The third kappa shape index (κ3) is 8.47. The van der Waals surface area contributed by atoms with Crippen LogP contribution in [0.4, 0.5) is 0 Å². The number of amides is 1. The van der Waals surface area contributed by atoms with Gasteiger partial charge in [-0.15, -0.1) is 0 Å². The van der Waals surface area contributed by atoms with Gasteiger partial charge in [-0.2, -0.15) is 0 Å². The minimum absolute atomic E-state index is 0.403. The molecule has 1 fully saturated rings. The van der Waals surface area contributed by atoms with Gasteiger partial charge in [-0.05, 0) is 48.9 Å². The number of carbonyl (C=O) groups is 2. The van der Waals surface area contributed by atoms with Crippen LogP contribution in [0.15, 0.2) is 58.3 Å². The zero-order valence-corrected chi connectivity index (χ0v) is 20.6. The van der Waals surface area contributed by atoms with Gasteiger partial charge in [-0.1, -0.05) is 37.7 Å². The summed E-state index contributed by atoms with van der Waals surface area (Å²) >= 11 is 1.61. The molecule has 1 heterocycles. The summed E-state index contributed by atoms with van der Waals surface area (Å²) in [6.45, 7) is 9.88. The molecular formula is C25H34N2O5S. The van der Waals surface area contributed by atoms with Crippen LogP contribution in [0.1, 0.15) is 36.7 Å². The molecule has 1 aliphatic heterocycles. The van der Waals surface area contributed by atoms with Crippen molar-refractivity contribution in [2.24, 2.45) is 0 Å². The number of nitrogens with zero attached hydrogens (tertiary/aromatic N) is 1. The van der Waals surface area contributed by atoms with Gasteiger partial charge in [0.1, 0.15) is 0 Å². The lowest BCUT2D eigenvalue weighted by Gasteiger charge is -2.26. The molecule has 2 unspecified atom stereocenters. The number of aliphatic hydroxyl groups excluding tert-OH is 1. The molecular weight excluding hydrogens is 440 g/mol. The molecule has 0 saturated carbocycles. The number of esters is 1. The van der Waals surface area contributed by atoms with Crippen LogP contribution in [0.2, 0.25) is 0 Å². The van der Waals surface area contributed by atoms with Crippen LogP contribution < -0.4 is 5.32 Å². The summed E-state index contributed by atoms with van der Waals surface area (Å²) in [6.07, 6.45) is -1.06. The Labute approximate surface area is 200 Å². The fourth-order valence-electron chi connectivity index (χ4n) is 3.22. The number of benzene rings is 2. The van der Waals surface area contributed by atoms with Crippen molar-refractivity contribution < 1.29 is 24.2 Å². The number of carbonyl (C=O) groups excluding carboxylic acids is 2. The molecule has 1 saturated heterocycles. The summed E-state index contributed by atoms with van der Waals surface area (Å²) in [5, 5.41) is 12.2. The van der Waals surface area contributed by atoms with Crippen LogP contribution in [0.3, 0.4) is 0 Å². The molecule has 1 amide bonds. The summed E-state index contributed by atoms with van der Waals surface area (Å²) < 4.78 is 10.0. The Morgan fingerprint density at radius 1 is 1.06 bits per heavy atom. The van der Waals surface area contributed by atoms with Gasteiger partial charge in [0.25, 0.3) is 5.91 Å². The minimum Gasteiger partial charge on any atom is -0.467 e. The van der Waals surface area contributed by atoms with Crippen molar-refractivity contribution in [3.05, 3.63) is 59.7 Å². The minimum atomic E-state index is -1.11. The highest BCUT2D eigenvalue weighted by atomic mass is 32.2. The van der Waals surface area contributed by atoms with E-state index in [1.54, 1.807) is 23.9 Å². The number of aliphatic hydroxyl groups is 1. The maximum atomic E-state index is 12.4. The van der Waals surface area contributed by atoms with E-state index in [1.165, 1.54) is 19.6 Å². The average Bonchev–Trinajstić information content (AvgIpc) is 2.85. The Balaban J connectivity index is 0.00000187. The molecule has 0 bridgehead atoms. The van der Waals surface area contributed by atoms with E-state index in [2.05, 4.69) is 39.2 Å². The second-order valence-corrected chi connectivity index (χ2v) is 8.52. The zero-order chi connectivity index (χ0) is 24.2. The molecule has 0 radical (unpaired) electrons. The van der Waals surface area contributed by atoms with Crippen molar-refractivity contribution in [2.75, 3.05) is 33.4 Å². The van der Waals surface area contributed by atoms with E-state index in [9.17, 15) is 14.7 Å². The van der Waals surface area contributed by atoms with E-state index in [0.717, 1.165) is 42.6 Å². The van der Waals surface area contributed by atoms with Crippen LogP contribution >= 0.6 is 11.8 Å². The van der Waals surface area contributed by atoms with Crippen LogP contribution in [0.25, 0.3) is 0 Å². The Morgan fingerprint density at radius 3 is 2.12 bits per heavy atom. The van der Waals surface area contributed by atoms with Gasteiger partial charge in [0.05, 0.1) is 26.4 Å². The van der Waals surface area contributed by atoms with Gasteiger partial charge < -0.3 is 19.9 Å². The summed E-state index contributed by atoms with van der Waals surface area (Å²) in [5.41, 5.74) is 1.68. The Kier molecular flexibility index (Phi) is 11.4. The number of hydrogen-bond acceptors (Lipinski definition) is 7. The molecule has 180 valence electrons. The van der Waals surface area contributed by atoms with Gasteiger partial charge >= 0.3 is 5.97 Å². The summed E-state index contributed by atoms with van der Waals surface area (Å²) in [7, 11) is 1.21. The number of morpholine rings is 1. The lowest BCUT2D eigenvalue weighted by Crippen LogP contribution is -2.48. The van der Waals surface area contributed by atoms with Crippen LogP contribution in [-0.2, 0) is 20.8 Å². The SMILES string of the molecule is CC.COC(=O)C(NC(=O)c1ccc(Sc2ccc(CN3CCOCC3)cc2)cc1)C(C)O. The summed E-state index contributed by atoms with van der Waals surface area (Å²) in [6, 6.07) is 14.5. The van der Waals surface area contributed by atoms with Crippen LogP contribution in [-0.4, -0.2) is 67.4 Å². The molecule has 2 aromatic carbocycles. The number of hydrogen-bond donors (Lipinski definition) is 2. The average molecular weight is 475 g/mol. The third-order valence-electron chi connectivity index (χ3n) is 5.01. The third-order valence-corrected chi connectivity index (χ3v) is 6.03.